The molecule has 0 bridgehead atoms. The molecule has 2 rings (SSSR count). The fourth-order valence-electron chi connectivity index (χ4n) is 4.06. The molecule has 2 aromatic rings. The van der Waals surface area contributed by atoms with Gasteiger partial charge in [0.1, 0.15) is 18.1 Å². The number of amides is 4. The topological polar surface area (TPSA) is 247 Å². The van der Waals surface area contributed by atoms with Crippen LogP contribution in [0.2, 0.25) is 0 Å². The molecule has 0 aliphatic carbocycles. The minimum Gasteiger partial charge on any atom is -0.481 e. The lowest BCUT2D eigenvalue weighted by Gasteiger charge is -2.26. The van der Waals surface area contributed by atoms with Crippen LogP contribution in [-0.4, -0.2) is 74.9 Å². The van der Waals surface area contributed by atoms with Crippen LogP contribution in [0.5, 0.6) is 0 Å². The first-order chi connectivity index (χ1) is 18.8. The van der Waals surface area contributed by atoms with Gasteiger partial charge in [0.05, 0.1) is 12.5 Å². The van der Waals surface area contributed by atoms with Crippen LogP contribution in [0, 0.1) is 5.92 Å². The van der Waals surface area contributed by atoms with E-state index in [2.05, 4.69) is 20.9 Å². The quantitative estimate of drug-likeness (QED) is 0.130. The Bertz CT molecular complexity index is 1240. The smallest absolute Gasteiger partial charge is 0.326 e. The number of hydrogen-bond acceptors (Lipinski definition) is 7. The van der Waals surface area contributed by atoms with Crippen molar-refractivity contribution in [1.82, 2.24) is 20.9 Å². The summed E-state index contributed by atoms with van der Waals surface area (Å²) in [4.78, 5) is 76.3. The van der Waals surface area contributed by atoms with Crippen LogP contribution >= 0.6 is 0 Å². The molecule has 14 nitrogen and oxygen atoms in total. The zero-order valence-electron chi connectivity index (χ0n) is 22.3. The molecule has 1 aromatic heterocycles. The first-order valence-electron chi connectivity index (χ1n) is 12.8. The van der Waals surface area contributed by atoms with E-state index >= 15 is 0 Å². The van der Waals surface area contributed by atoms with Crippen molar-refractivity contribution in [2.75, 3.05) is 0 Å². The standard InChI is InChI=1S/C26H36N6O8/c1-3-13(2)22(26(39)40)32-25(38)19(11-21(34)35)31-24(37)18(8-9-20(28)33)30-23(36)16(27)10-14-12-29-17-7-5-4-6-15(14)17/h4-7,12-13,16,18-19,22,29H,3,8-11,27H2,1-2H3,(H2,28,33)(H,30,36)(H,31,37)(H,32,38)(H,34,35)(H,39,40). The molecular weight excluding hydrogens is 524 g/mol. The number of primary amides is 1. The minimum atomic E-state index is -1.66. The van der Waals surface area contributed by atoms with Gasteiger partial charge >= 0.3 is 11.9 Å². The number of H-pyrrole nitrogens is 1. The summed E-state index contributed by atoms with van der Waals surface area (Å²) in [5.41, 5.74) is 12.9. The van der Waals surface area contributed by atoms with Crippen LogP contribution in [0.4, 0.5) is 0 Å². The van der Waals surface area contributed by atoms with Gasteiger partial charge in [0.25, 0.3) is 0 Å². The number of rotatable bonds is 16. The highest BCUT2D eigenvalue weighted by Gasteiger charge is 2.33. The van der Waals surface area contributed by atoms with E-state index < -0.39 is 72.1 Å². The Hall–Kier alpha value is -4.46. The maximum absolute atomic E-state index is 13.1. The summed E-state index contributed by atoms with van der Waals surface area (Å²) in [7, 11) is 0. The fraction of sp³-hybridized carbons (Fsp3) is 0.462. The predicted octanol–water partition coefficient (Wildman–Crippen LogP) is -0.637. The number of carbonyl (C=O) groups excluding carboxylic acids is 4. The van der Waals surface area contributed by atoms with Crippen molar-refractivity contribution in [3.8, 4) is 0 Å². The van der Waals surface area contributed by atoms with E-state index in [1.165, 1.54) is 0 Å². The molecule has 5 unspecified atom stereocenters. The molecule has 0 saturated carbocycles. The third kappa shape index (κ3) is 9.08. The van der Waals surface area contributed by atoms with E-state index in [1.54, 1.807) is 20.0 Å². The first kappa shape index (κ1) is 31.8. The second kappa shape index (κ2) is 14.6. The molecule has 5 atom stereocenters. The van der Waals surface area contributed by atoms with Crippen LogP contribution in [0.3, 0.4) is 0 Å². The van der Waals surface area contributed by atoms with Crippen LogP contribution in [-0.2, 0) is 35.2 Å². The Morgan fingerprint density at radius 1 is 0.950 bits per heavy atom. The maximum Gasteiger partial charge on any atom is 0.326 e. The molecule has 0 aliphatic rings. The summed E-state index contributed by atoms with van der Waals surface area (Å²) < 4.78 is 0. The van der Waals surface area contributed by atoms with Crippen molar-refractivity contribution < 1.29 is 39.0 Å². The fourth-order valence-corrected chi connectivity index (χ4v) is 4.06. The SMILES string of the molecule is CCC(C)C(NC(=O)C(CC(=O)O)NC(=O)C(CCC(N)=O)NC(=O)C(N)Cc1c[nH]c2ccccc12)C(=O)O. The van der Waals surface area contributed by atoms with Gasteiger partial charge < -0.3 is 42.6 Å². The highest BCUT2D eigenvalue weighted by molar-refractivity contribution is 5.96. The lowest BCUT2D eigenvalue weighted by atomic mass is 9.98. The van der Waals surface area contributed by atoms with E-state index in [-0.39, 0.29) is 19.3 Å². The average molecular weight is 561 g/mol. The molecule has 0 spiro atoms. The first-order valence-corrected chi connectivity index (χ1v) is 12.8. The summed E-state index contributed by atoms with van der Waals surface area (Å²) >= 11 is 0. The monoisotopic (exact) mass is 560 g/mol. The number of nitrogens with one attached hydrogen (secondary N) is 4. The number of nitrogens with two attached hydrogens (primary N) is 2. The Kier molecular flexibility index (Phi) is 11.6. The molecule has 40 heavy (non-hydrogen) atoms. The van der Waals surface area contributed by atoms with Crippen molar-refractivity contribution in [3.05, 3.63) is 36.0 Å². The molecule has 0 fully saturated rings. The van der Waals surface area contributed by atoms with E-state index in [9.17, 15) is 39.0 Å². The number of aromatic nitrogens is 1. The van der Waals surface area contributed by atoms with Gasteiger partial charge in [-0.1, -0.05) is 38.5 Å². The number of para-hydroxylation sites is 1. The number of benzene rings is 1. The van der Waals surface area contributed by atoms with Crippen LogP contribution in [0.1, 0.15) is 45.1 Å². The molecular formula is C26H36N6O8. The number of hydrogen-bond donors (Lipinski definition) is 8. The lowest BCUT2D eigenvalue weighted by Crippen LogP contribution is -2.58. The number of fused-ring (bicyclic) bond motifs is 1. The zero-order chi connectivity index (χ0) is 30.0. The molecule has 1 aromatic carbocycles. The van der Waals surface area contributed by atoms with Gasteiger partial charge in [-0.2, -0.15) is 0 Å². The molecule has 4 amide bonds. The summed E-state index contributed by atoms with van der Waals surface area (Å²) in [6.45, 7) is 3.32. The third-order valence-corrected chi connectivity index (χ3v) is 6.55. The minimum absolute atomic E-state index is 0.121. The number of carboxylic acid groups (broad SMARTS) is 2. The van der Waals surface area contributed by atoms with Crippen molar-refractivity contribution in [2.24, 2.45) is 17.4 Å². The van der Waals surface area contributed by atoms with Gasteiger partial charge in [0.2, 0.25) is 23.6 Å². The molecule has 0 saturated heterocycles. The summed E-state index contributed by atoms with van der Waals surface area (Å²) in [5.74, 6) is -6.72. The molecule has 0 aliphatic heterocycles. The Morgan fingerprint density at radius 2 is 1.57 bits per heavy atom. The maximum atomic E-state index is 13.1. The van der Waals surface area contributed by atoms with Gasteiger partial charge in [-0.15, -0.1) is 0 Å². The van der Waals surface area contributed by atoms with Crippen molar-refractivity contribution >= 4 is 46.5 Å². The highest BCUT2D eigenvalue weighted by Crippen LogP contribution is 2.19. The van der Waals surface area contributed by atoms with E-state index in [4.69, 9.17) is 11.5 Å². The van der Waals surface area contributed by atoms with E-state index in [0.717, 1.165) is 16.5 Å². The second-order valence-corrected chi connectivity index (χ2v) is 9.61. The normalized spacial score (nSPS) is 14.8. The Balaban J connectivity index is 2.17. The molecule has 10 N–H and O–H groups in total. The molecule has 218 valence electrons. The Labute approximate surface area is 230 Å². The van der Waals surface area contributed by atoms with Gasteiger partial charge in [-0.25, -0.2) is 4.79 Å². The largest absolute Gasteiger partial charge is 0.481 e. The van der Waals surface area contributed by atoms with Gasteiger partial charge in [0.15, 0.2) is 0 Å². The van der Waals surface area contributed by atoms with Crippen LogP contribution in [0.15, 0.2) is 30.5 Å². The number of aliphatic carboxylic acids is 2. The van der Waals surface area contributed by atoms with Gasteiger partial charge in [-0.3, -0.25) is 24.0 Å². The number of aromatic amines is 1. The summed E-state index contributed by atoms with van der Waals surface area (Å²) in [5, 5.41) is 26.6. The van der Waals surface area contributed by atoms with Gasteiger partial charge in [0, 0.05) is 23.5 Å². The third-order valence-electron chi connectivity index (χ3n) is 6.55. The lowest BCUT2D eigenvalue weighted by molar-refractivity contribution is -0.144. The van der Waals surface area contributed by atoms with Crippen LogP contribution in [0.25, 0.3) is 10.9 Å². The highest BCUT2D eigenvalue weighted by atomic mass is 16.4. The molecule has 1 heterocycles. The van der Waals surface area contributed by atoms with Crippen molar-refractivity contribution in [3.63, 3.8) is 0 Å². The molecule has 14 heteroatoms. The Morgan fingerprint density at radius 3 is 2.17 bits per heavy atom. The van der Waals surface area contributed by atoms with Gasteiger partial charge in [-0.05, 0) is 30.4 Å². The van der Waals surface area contributed by atoms with Crippen molar-refractivity contribution in [1.29, 1.82) is 0 Å². The zero-order valence-corrected chi connectivity index (χ0v) is 22.3. The summed E-state index contributed by atoms with van der Waals surface area (Å²) in [6.07, 6.45) is 0.831. The van der Waals surface area contributed by atoms with E-state index in [1.807, 2.05) is 24.3 Å². The van der Waals surface area contributed by atoms with Crippen molar-refractivity contribution in [2.45, 2.75) is 70.1 Å². The number of carbonyl (C=O) groups is 6. The average Bonchev–Trinajstić information content (AvgIpc) is 3.30. The van der Waals surface area contributed by atoms with E-state index in [0.29, 0.717) is 6.42 Å². The summed E-state index contributed by atoms with van der Waals surface area (Å²) in [6, 6.07) is 1.94. The molecule has 0 radical (unpaired) electrons. The number of carboxylic acids is 2. The predicted molar refractivity (Wildman–Crippen MR) is 144 cm³/mol. The van der Waals surface area contributed by atoms with Crippen LogP contribution < -0.4 is 27.4 Å². The second-order valence-electron chi connectivity index (χ2n) is 9.61.